The van der Waals surface area contributed by atoms with Gasteiger partial charge in [-0.05, 0) is 67.9 Å². The van der Waals surface area contributed by atoms with E-state index in [0.29, 0.717) is 4.88 Å². The van der Waals surface area contributed by atoms with E-state index in [4.69, 9.17) is 5.11 Å². The first kappa shape index (κ1) is 18.7. The van der Waals surface area contributed by atoms with Gasteiger partial charge in [0.2, 0.25) is 0 Å². The molecule has 0 atom stereocenters. The van der Waals surface area contributed by atoms with Crippen LogP contribution >= 0.6 is 11.3 Å². The Kier molecular flexibility index (Phi) is 6.19. The molecule has 0 unspecified atom stereocenters. The van der Waals surface area contributed by atoms with Crippen LogP contribution in [0, 0.1) is 5.41 Å². The van der Waals surface area contributed by atoms with Gasteiger partial charge in [0.05, 0.1) is 4.88 Å². The fraction of sp³-hybridized carbons (Fsp3) is 0.450. The van der Waals surface area contributed by atoms with Crippen molar-refractivity contribution in [2.24, 2.45) is 5.41 Å². The second-order valence-electron chi connectivity index (χ2n) is 7.02. The summed E-state index contributed by atoms with van der Waals surface area (Å²) in [4.78, 5) is 13.3. The molecular weight excluding hydrogens is 318 g/mol. The Bertz CT molecular complexity index is 692. The van der Waals surface area contributed by atoms with Crippen LogP contribution in [-0.2, 0) is 0 Å². The van der Waals surface area contributed by atoms with Crippen molar-refractivity contribution in [2.75, 3.05) is 6.73 Å². The first-order valence-corrected chi connectivity index (χ1v) is 9.20. The second kappa shape index (κ2) is 7.95. The molecule has 0 bridgehead atoms. The largest absolute Gasteiger partial charge is 0.376 e. The van der Waals surface area contributed by atoms with Gasteiger partial charge in [-0.3, -0.25) is 4.79 Å². The molecule has 0 saturated carbocycles. The third kappa shape index (κ3) is 4.68. The summed E-state index contributed by atoms with van der Waals surface area (Å²) in [7, 11) is 0. The standard InChI is InChI=1S/C20H27NO2S/c1-14(7-9-17-15(2)6-5-11-20(17,3)4)12-16-8-10-18(24-16)19(23)21-13-22/h7-10,12,22H,5-6,11,13H2,1-4H3,(H,21,23)/b9-7+,14-12+. The van der Waals surface area contributed by atoms with Crippen LogP contribution in [0.5, 0.6) is 0 Å². The van der Waals surface area contributed by atoms with Gasteiger partial charge in [0.15, 0.2) is 0 Å². The number of hydrogen-bond acceptors (Lipinski definition) is 3. The van der Waals surface area contributed by atoms with Crippen molar-refractivity contribution in [3.05, 3.63) is 50.8 Å². The number of aliphatic hydroxyl groups excluding tert-OH is 1. The van der Waals surface area contributed by atoms with Gasteiger partial charge in [0.1, 0.15) is 6.73 Å². The van der Waals surface area contributed by atoms with Crippen LogP contribution < -0.4 is 5.32 Å². The normalized spacial score (nSPS) is 18.3. The van der Waals surface area contributed by atoms with Crippen molar-refractivity contribution in [2.45, 2.75) is 47.0 Å². The maximum Gasteiger partial charge on any atom is 0.263 e. The maximum atomic E-state index is 11.7. The van der Waals surface area contributed by atoms with Gasteiger partial charge >= 0.3 is 0 Å². The minimum absolute atomic E-state index is 0.236. The van der Waals surface area contributed by atoms with Crippen molar-refractivity contribution in [3.8, 4) is 0 Å². The molecule has 1 amide bonds. The predicted octanol–water partition coefficient (Wildman–Crippen LogP) is 4.91. The highest BCUT2D eigenvalue weighted by Gasteiger charge is 2.26. The topological polar surface area (TPSA) is 49.3 Å². The zero-order chi connectivity index (χ0) is 17.7. The molecule has 3 nitrogen and oxygen atoms in total. The zero-order valence-electron chi connectivity index (χ0n) is 15.0. The Morgan fingerprint density at radius 1 is 1.42 bits per heavy atom. The van der Waals surface area contributed by atoms with E-state index in [1.54, 1.807) is 6.07 Å². The number of nitrogens with one attached hydrogen (secondary N) is 1. The summed E-state index contributed by atoms with van der Waals surface area (Å²) in [6.07, 6.45) is 10.2. The summed E-state index contributed by atoms with van der Waals surface area (Å²) in [5.41, 5.74) is 4.36. The van der Waals surface area contributed by atoms with Crippen LogP contribution in [0.3, 0.4) is 0 Å². The zero-order valence-corrected chi connectivity index (χ0v) is 15.8. The number of thiophene rings is 1. The Hall–Kier alpha value is -1.65. The number of carbonyl (C=O) groups excluding carboxylic acids is 1. The molecular formula is C20H27NO2S. The minimum atomic E-state index is -0.339. The molecule has 0 spiro atoms. The van der Waals surface area contributed by atoms with E-state index in [9.17, 15) is 4.79 Å². The number of amides is 1. The second-order valence-corrected chi connectivity index (χ2v) is 8.13. The molecule has 2 rings (SSSR count). The molecule has 130 valence electrons. The molecule has 0 saturated heterocycles. The van der Waals surface area contributed by atoms with Gasteiger partial charge in [0, 0.05) is 4.88 Å². The van der Waals surface area contributed by atoms with E-state index < -0.39 is 0 Å². The van der Waals surface area contributed by atoms with Gasteiger partial charge in [-0.1, -0.05) is 31.6 Å². The first-order valence-electron chi connectivity index (χ1n) is 8.39. The highest BCUT2D eigenvalue weighted by Crippen LogP contribution is 2.40. The molecule has 1 heterocycles. The minimum Gasteiger partial charge on any atom is -0.376 e. The predicted molar refractivity (Wildman–Crippen MR) is 102 cm³/mol. The fourth-order valence-corrected chi connectivity index (χ4v) is 4.14. The lowest BCUT2D eigenvalue weighted by Crippen LogP contribution is -2.22. The van der Waals surface area contributed by atoms with Gasteiger partial charge in [0.25, 0.3) is 5.91 Å². The highest BCUT2D eigenvalue weighted by molar-refractivity contribution is 7.14. The van der Waals surface area contributed by atoms with Gasteiger partial charge < -0.3 is 10.4 Å². The SMILES string of the molecule is CC1=C(/C=C/C(C)=C/c2ccc(C(=O)NCO)s2)C(C)(C)CCC1. The molecule has 0 radical (unpaired) electrons. The third-order valence-electron chi connectivity index (χ3n) is 4.52. The van der Waals surface area contributed by atoms with Crippen molar-refractivity contribution < 1.29 is 9.90 Å². The van der Waals surface area contributed by atoms with Gasteiger partial charge in [-0.15, -0.1) is 11.3 Å². The lowest BCUT2D eigenvalue weighted by atomic mass is 9.72. The molecule has 0 aromatic carbocycles. The lowest BCUT2D eigenvalue weighted by molar-refractivity contribution is 0.0914. The summed E-state index contributed by atoms with van der Waals surface area (Å²) in [6, 6.07) is 3.72. The summed E-state index contributed by atoms with van der Waals surface area (Å²) in [6.45, 7) is 8.62. The maximum absolute atomic E-state index is 11.7. The molecule has 1 aromatic rings. The van der Waals surface area contributed by atoms with E-state index in [2.05, 4.69) is 51.2 Å². The number of rotatable bonds is 5. The van der Waals surface area contributed by atoms with Crippen molar-refractivity contribution in [1.29, 1.82) is 0 Å². The Morgan fingerprint density at radius 2 is 2.17 bits per heavy atom. The van der Waals surface area contributed by atoms with Crippen molar-refractivity contribution in [1.82, 2.24) is 5.32 Å². The van der Waals surface area contributed by atoms with Gasteiger partial charge in [-0.25, -0.2) is 0 Å². The number of allylic oxidation sites excluding steroid dienone is 5. The van der Waals surface area contributed by atoms with Crippen LogP contribution in [0.25, 0.3) is 6.08 Å². The van der Waals surface area contributed by atoms with E-state index in [-0.39, 0.29) is 18.1 Å². The molecule has 1 aliphatic carbocycles. The van der Waals surface area contributed by atoms with Crippen LogP contribution in [0.2, 0.25) is 0 Å². The quantitative estimate of drug-likeness (QED) is 0.588. The highest BCUT2D eigenvalue weighted by atomic mass is 32.1. The molecule has 24 heavy (non-hydrogen) atoms. The average molecular weight is 346 g/mol. The summed E-state index contributed by atoms with van der Waals surface area (Å²) in [5, 5.41) is 11.2. The molecule has 2 N–H and O–H groups in total. The van der Waals surface area contributed by atoms with Crippen LogP contribution in [0.1, 0.15) is 61.5 Å². The monoisotopic (exact) mass is 345 g/mol. The summed E-state index contributed by atoms with van der Waals surface area (Å²) >= 11 is 1.43. The average Bonchev–Trinajstić information content (AvgIpc) is 2.95. The Morgan fingerprint density at radius 3 is 2.83 bits per heavy atom. The number of hydrogen-bond donors (Lipinski definition) is 2. The smallest absolute Gasteiger partial charge is 0.263 e. The number of aliphatic hydroxyl groups is 1. The van der Waals surface area contributed by atoms with E-state index in [1.165, 1.54) is 41.7 Å². The summed E-state index contributed by atoms with van der Waals surface area (Å²) in [5.74, 6) is -0.236. The van der Waals surface area contributed by atoms with E-state index in [1.807, 2.05) is 6.07 Å². The number of carbonyl (C=O) groups is 1. The summed E-state index contributed by atoms with van der Waals surface area (Å²) < 4.78 is 0. The van der Waals surface area contributed by atoms with Crippen molar-refractivity contribution in [3.63, 3.8) is 0 Å². The molecule has 0 aliphatic heterocycles. The molecule has 0 fully saturated rings. The van der Waals surface area contributed by atoms with E-state index in [0.717, 1.165) is 10.5 Å². The van der Waals surface area contributed by atoms with Crippen LogP contribution in [0.4, 0.5) is 0 Å². The third-order valence-corrected chi connectivity index (χ3v) is 5.55. The van der Waals surface area contributed by atoms with Crippen LogP contribution in [0.15, 0.2) is 41.0 Å². The fourth-order valence-electron chi connectivity index (χ4n) is 3.21. The molecule has 1 aliphatic rings. The first-order chi connectivity index (χ1) is 11.3. The van der Waals surface area contributed by atoms with Gasteiger partial charge in [-0.2, -0.15) is 0 Å². The van der Waals surface area contributed by atoms with Crippen molar-refractivity contribution >= 4 is 23.3 Å². The van der Waals surface area contributed by atoms with Crippen LogP contribution in [-0.4, -0.2) is 17.7 Å². The molecule has 1 aromatic heterocycles. The Balaban J connectivity index is 2.13. The Labute approximate surface area is 148 Å². The molecule has 4 heteroatoms. The lowest BCUT2D eigenvalue weighted by Gasteiger charge is -2.32. The van der Waals surface area contributed by atoms with E-state index >= 15 is 0 Å².